The molecule has 0 N–H and O–H groups in total. The van der Waals surface area contributed by atoms with Crippen LogP contribution in [0, 0.1) is 6.92 Å². The van der Waals surface area contributed by atoms with Crippen molar-refractivity contribution in [2.75, 3.05) is 48.1 Å². The third kappa shape index (κ3) is 7.12. The van der Waals surface area contributed by atoms with Gasteiger partial charge >= 0.3 is 18.0 Å². The minimum Gasteiger partial charge on any atom is -0.497 e. The molecule has 1 aliphatic rings. The molecular formula is C33H33N3O8. The van der Waals surface area contributed by atoms with Crippen LogP contribution in [0.4, 0.5) is 21.9 Å². The van der Waals surface area contributed by atoms with Crippen molar-refractivity contribution in [1.82, 2.24) is 0 Å². The van der Waals surface area contributed by atoms with E-state index < -0.39 is 29.8 Å². The number of esters is 2. The van der Waals surface area contributed by atoms with Gasteiger partial charge in [0.2, 0.25) is 0 Å². The lowest BCUT2D eigenvalue weighted by molar-refractivity contribution is -0.142. The Morgan fingerprint density at radius 3 is 1.66 bits per heavy atom. The number of urea groups is 1. The summed E-state index contributed by atoms with van der Waals surface area (Å²) in [7, 11) is 1.50. The highest BCUT2D eigenvalue weighted by Crippen LogP contribution is 2.31. The Bertz CT molecular complexity index is 1540. The minimum absolute atomic E-state index is 0.186. The lowest BCUT2D eigenvalue weighted by Crippen LogP contribution is -2.57. The van der Waals surface area contributed by atoms with E-state index in [1.54, 1.807) is 86.6 Å². The summed E-state index contributed by atoms with van der Waals surface area (Å²) in [4.78, 5) is 68.9. The monoisotopic (exact) mass is 599 g/mol. The van der Waals surface area contributed by atoms with Crippen molar-refractivity contribution in [2.45, 2.75) is 20.8 Å². The molecule has 11 heteroatoms. The number of hydrogen-bond donors (Lipinski definition) is 0. The normalized spacial score (nSPS) is 14.1. The molecule has 0 unspecified atom stereocenters. The van der Waals surface area contributed by atoms with Gasteiger partial charge in [-0.1, -0.05) is 29.8 Å². The van der Waals surface area contributed by atoms with Crippen molar-refractivity contribution >= 4 is 52.9 Å². The van der Waals surface area contributed by atoms with Gasteiger partial charge in [0.1, 0.15) is 24.4 Å². The largest absolute Gasteiger partial charge is 0.497 e. The number of carbonyl (C=O) groups excluding carboxylic acids is 5. The first kappa shape index (κ1) is 31.5. The second-order valence-corrected chi connectivity index (χ2v) is 9.71. The molecular weight excluding hydrogens is 566 g/mol. The standard InChI is InChI=1S/C33H33N3O8/c1-5-43-29(37)20-34(21-30(38)44-6-2)24-13-9-23(10-14-24)19-28-31(39)35(25-11-7-22(3)8-12-25)33(41)36(32(28)40)26-15-17-27(42-4)18-16-26/h7-19H,5-6,20-21H2,1-4H3/b28-19-. The Hall–Kier alpha value is -5.45. The van der Waals surface area contributed by atoms with E-state index in [2.05, 4.69) is 0 Å². The van der Waals surface area contributed by atoms with E-state index in [1.165, 1.54) is 18.1 Å². The number of carbonyl (C=O) groups is 5. The van der Waals surface area contributed by atoms with Crippen LogP contribution in [0.15, 0.2) is 78.4 Å². The van der Waals surface area contributed by atoms with Gasteiger partial charge in [0.25, 0.3) is 11.8 Å². The molecule has 11 nitrogen and oxygen atoms in total. The topological polar surface area (TPSA) is 123 Å². The molecule has 3 aromatic carbocycles. The molecule has 0 radical (unpaired) electrons. The van der Waals surface area contributed by atoms with E-state index in [9.17, 15) is 24.0 Å². The fourth-order valence-electron chi connectivity index (χ4n) is 4.52. The van der Waals surface area contributed by atoms with Crippen LogP contribution in [0.25, 0.3) is 6.08 Å². The summed E-state index contributed by atoms with van der Waals surface area (Å²) >= 11 is 0. The highest BCUT2D eigenvalue weighted by atomic mass is 16.5. The molecule has 4 rings (SSSR count). The zero-order chi connectivity index (χ0) is 31.8. The Kier molecular flexibility index (Phi) is 10.1. The van der Waals surface area contributed by atoms with Gasteiger partial charge < -0.3 is 19.1 Å². The molecule has 0 saturated carbocycles. The van der Waals surface area contributed by atoms with Crippen LogP contribution < -0.4 is 19.4 Å². The number of aryl methyl sites for hydroxylation is 1. The van der Waals surface area contributed by atoms with E-state index in [4.69, 9.17) is 14.2 Å². The maximum atomic E-state index is 13.7. The average Bonchev–Trinajstić information content (AvgIpc) is 3.01. The van der Waals surface area contributed by atoms with Gasteiger partial charge in [0.15, 0.2) is 0 Å². The number of rotatable bonds is 11. The molecule has 0 aromatic heterocycles. The lowest BCUT2D eigenvalue weighted by atomic mass is 10.0. The third-order valence-corrected chi connectivity index (χ3v) is 6.69. The maximum absolute atomic E-state index is 13.7. The van der Waals surface area contributed by atoms with Crippen LogP contribution in [0.2, 0.25) is 0 Å². The summed E-state index contributed by atoms with van der Waals surface area (Å²) in [6.07, 6.45) is 1.40. The Labute approximate surface area is 255 Å². The zero-order valence-electron chi connectivity index (χ0n) is 24.9. The SMILES string of the molecule is CCOC(=O)CN(CC(=O)OCC)c1ccc(/C=C2/C(=O)N(c3ccc(C)cc3)C(=O)N(c3ccc(OC)cc3)C2=O)cc1. The van der Waals surface area contributed by atoms with Gasteiger partial charge in [-0.25, -0.2) is 14.6 Å². The van der Waals surface area contributed by atoms with Crippen LogP contribution >= 0.6 is 0 Å². The highest BCUT2D eigenvalue weighted by molar-refractivity contribution is 6.46. The molecule has 0 bridgehead atoms. The predicted octanol–water partition coefficient (Wildman–Crippen LogP) is 4.52. The molecule has 228 valence electrons. The molecule has 1 fully saturated rings. The second kappa shape index (κ2) is 14.1. The number of amides is 4. The van der Waals surface area contributed by atoms with Crippen LogP contribution in [-0.2, 0) is 28.7 Å². The molecule has 1 aliphatic heterocycles. The molecule has 4 amide bonds. The number of nitrogens with zero attached hydrogens (tertiary/aromatic N) is 3. The second-order valence-electron chi connectivity index (χ2n) is 9.71. The summed E-state index contributed by atoms with van der Waals surface area (Å²) < 4.78 is 15.3. The summed E-state index contributed by atoms with van der Waals surface area (Å²) in [5.41, 5.74) is 2.27. The molecule has 1 heterocycles. The van der Waals surface area contributed by atoms with Crippen molar-refractivity contribution in [1.29, 1.82) is 0 Å². The summed E-state index contributed by atoms with van der Waals surface area (Å²) in [5, 5.41) is 0. The van der Waals surface area contributed by atoms with E-state index >= 15 is 0 Å². The summed E-state index contributed by atoms with van der Waals surface area (Å²) in [6.45, 7) is 5.27. The van der Waals surface area contributed by atoms with E-state index in [0.717, 1.165) is 15.4 Å². The fourth-order valence-corrected chi connectivity index (χ4v) is 4.52. The number of anilines is 3. The Morgan fingerprint density at radius 1 is 0.727 bits per heavy atom. The number of hydrogen-bond acceptors (Lipinski definition) is 9. The van der Waals surface area contributed by atoms with Crippen molar-refractivity contribution in [3.8, 4) is 5.75 Å². The molecule has 3 aromatic rings. The van der Waals surface area contributed by atoms with Crippen LogP contribution in [0.3, 0.4) is 0 Å². The van der Waals surface area contributed by atoms with Gasteiger partial charge in [0, 0.05) is 5.69 Å². The van der Waals surface area contributed by atoms with Gasteiger partial charge in [-0.15, -0.1) is 0 Å². The van der Waals surface area contributed by atoms with Gasteiger partial charge in [0.05, 0.1) is 31.7 Å². The quantitative estimate of drug-likeness (QED) is 0.178. The highest BCUT2D eigenvalue weighted by Gasteiger charge is 2.43. The first-order valence-electron chi connectivity index (χ1n) is 14.0. The molecule has 0 aliphatic carbocycles. The van der Waals surface area contributed by atoms with Crippen molar-refractivity contribution < 1.29 is 38.2 Å². The smallest absolute Gasteiger partial charge is 0.343 e. The molecule has 0 atom stereocenters. The Morgan fingerprint density at radius 2 is 1.20 bits per heavy atom. The molecule has 1 saturated heterocycles. The summed E-state index contributed by atoms with van der Waals surface area (Å²) in [5.74, 6) is -2.05. The fraction of sp³-hybridized carbons (Fsp3) is 0.242. The van der Waals surface area contributed by atoms with E-state index in [1.807, 2.05) is 6.92 Å². The first-order valence-corrected chi connectivity index (χ1v) is 14.0. The van der Waals surface area contributed by atoms with Crippen molar-refractivity contribution in [3.63, 3.8) is 0 Å². The molecule has 44 heavy (non-hydrogen) atoms. The van der Waals surface area contributed by atoms with Crippen molar-refractivity contribution in [2.24, 2.45) is 0 Å². The predicted molar refractivity (Wildman–Crippen MR) is 164 cm³/mol. The number of methoxy groups -OCH3 is 1. The van der Waals surface area contributed by atoms with E-state index in [-0.39, 0.29) is 37.6 Å². The van der Waals surface area contributed by atoms with Crippen molar-refractivity contribution in [3.05, 3.63) is 89.5 Å². The number of barbiturate groups is 1. The van der Waals surface area contributed by atoms with Gasteiger partial charge in [-0.2, -0.15) is 0 Å². The molecule has 0 spiro atoms. The first-order chi connectivity index (χ1) is 21.2. The van der Waals surface area contributed by atoms with Crippen LogP contribution in [0.5, 0.6) is 5.75 Å². The van der Waals surface area contributed by atoms with Gasteiger partial charge in [-0.05, 0) is 80.9 Å². The average molecular weight is 600 g/mol. The van der Waals surface area contributed by atoms with Crippen LogP contribution in [-0.4, -0.2) is 63.2 Å². The number of benzene rings is 3. The van der Waals surface area contributed by atoms with Crippen LogP contribution in [0.1, 0.15) is 25.0 Å². The zero-order valence-corrected chi connectivity index (χ0v) is 24.9. The Balaban J connectivity index is 1.71. The third-order valence-electron chi connectivity index (χ3n) is 6.69. The minimum atomic E-state index is -0.810. The van der Waals surface area contributed by atoms with Gasteiger partial charge in [-0.3, -0.25) is 19.2 Å². The maximum Gasteiger partial charge on any atom is 0.343 e. The van der Waals surface area contributed by atoms with E-state index in [0.29, 0.717) is 22.7 Å². The number of imide groups is 2. The number of ether oxygens (including phenoxy) is 3. The summed E-state index contributed by atoms with van der Waals surface area (Å²) in [6, 6.07) is 18.9. The lowest BCUT2D eigenvalue weighted by Gasteiger charge is -2.34.